The summed E-state index contributed by atoms with van der Waals surface area (Å²) in [5.41, 5.74) is 5.19. The second-order valence-corrected chi connectivity index (χ2v) is 6.74. The number of benzene rings is 1. The first-order chi connectivity index (χ1) is 11.9. The number of aromatic nitrogens is 1. The molecular weight excluding hydrogens is 310 g/mol. The van der Waals surface area contributed by atoms with E-state index in [0.717, 1.165) is 35.7 Å². The van der Waals surface area contributed by atoms with E-state index < -0.39 is 0 Å². The van der Waals surface area contributed by atoms with Crippen molar-refractivity contribution in [1.29, 1.82) is 0 Å². The monoisotopic (exact) mass is 341 g/mol. The average Bonchev–Trinajstić information content (AvgIpc) is 2.89. The summed E-state index contributed by atoms with van der Waals surface area (Å²) in [6.45, 7) is 15.0. The predicted molar refractivity (Wildman–Crippen MR) is 107 cm³/mol. The van der Waals surface area contributed by atoms with Crippen LogP contribution in [0.5, 0.6) is 0 Å². The topological polar surface area (TPSA) is 37.3 Å². The highest BCUT2D eigenvalue weighted by Gasteiger charge is 2.16. The quantitative estimate of drug-likeness (QED) is 0.699. The lowest BCUT2D eigenvalue weighted by Crippen LogP contribution is -2.21. The number of hydrogen-bond acceptors (Lipinski definition) is 3. The van der Waals surface area contributed by atoms with Crippen molar-refractivity contribution in [3.8, 4) is 0 Å². The molecule has 2 rings (SSSR count). The zero-order valence-corrected chi connectivity index (χ0v) is 16.4. The van der Waals surface area contributed by atoms with Crippen molar-refractivity contribution >= 4 is 17.2 Å². The normalized spacial score (nSPS) is 11.0. The molecule has 136 valence electrons. The number of aryl methyl sites for hydroxylation is 1. The fourth-order valence-corrected chi connectivity index (χ4v) is 3.51. The van der Waals surface area contributed by atoms with Gasteiger partial charge < -0.3 is 14.8 Å². The lowest BCUT2D eigenvalue weighted by atomic mass is 10.1. The summed E-state index contributed by atoms with van der Waals surface area (Å²) in [5, 5.41) is 3.25. The molecule has 4 nitrogen and oxygen atoms in total. The number of nitrogens with zero attached hydrogens (tertiary/aromatic N) is 2. The van der Waals surface area contributed by atoms with E-state index >= 15 is 0 Å². The minimum absolute atomic E-state index is 0.132. The van der Waals surface area contributed by atoms with Gasteiger partial charge in [-0.05, 0) is 71.9 Å². The Morgan fingerprint density at radius 2 is 1.72 bits per heavy atom. The number of nitrogens with one attached hydrogen (secondary N) is 1. The van der Waals surface area contributed by atoms with E-state index in [9.17, 15) is 4.79 Å². The Morgan fingerprint density at radius 1 is 1.12 bits per heavy atom. The molecule has 2 aromatic rings. The summed E-state index contributed by atoms with van der Waals surface area (Å²) in [5.74, 6) is 0.132. The molecule has 0 saturated carbocycles. The molecule has 1 aromatic heterocycles. The summed E-state index contributed by atoms with van der Waals surface area (Å²) in [4.78, 5) is 14.9. The number of carbonyl (C=O) groups excluding carboxylic acids is 1. The minimum Gasteiger partial charge on any atom is -0.378 e. The van der Waals surface area contributed by atoms with E-state index in [0.29, 0.717) is 12.6 Å². The fourth-order valence-electron chi connectivity index (χ4n) is 3.51. The molecule has 0 atom stereocenters. The van der Waals surface area contributed by atoms with Crippen LogP contribution in [0.3, 0.4) is 0 Å². The van der Waals surface area contributed by atoms with Gasteiger partial charge in [0.1, 0.15) is 0 Å². The zero-order chi connectivity index (χ0) is 18.6. The summed E-state index contributed by atoms with van der Waals surface area (Å²) in [6, 6.07) is 10.6. The van der Waals surface area contributed by atoms with Crippen LogP contribution >= 0.6 is 0 Å². The molecule has 0 aliphatic heterocycles. The Balaban J connectivity index is 2.04. The molecular formula is C21H31N3O. The van der Waals surface area contributed by atoms with Crippen molar-refractivity contribution in [2.45, 2.75) is 47.6 Å². The van der Waals surface area contributed by atoms with Crippen molar-refractivity contribution in [3.05, 3.63) is 47.3 Å². The van der Waals surface area contributed by atoms with Gasteiger partial charge in [0.2, 0.25) is 0 Å². The molecule has 1 N–H and O–H groups in total. The van der Waals surface area contributed by atoms with E-state index in [-0.39, 0.29) is 5.78 Å². The van der Waals surface area contributed by atoms with Crippen LogP contribution in [0, 0.1) is 13.8 Å². The van der Waals surface area contributed by atoms with Gasteiger partial charge in [-0.15, -0.1) is 0 Å². The third kappa shape index (κ3) is 4.25. The first kappa shape index (κ1) is 19.1. The highest BCUT2D eigenvalue weighted by Crippen LogP contribution is 2.21. The molecule has 0 radical (unpaired) electrons. The Morgan fingerprint density at radius 3 is 2.20 bits per heavy atom. The number of anilines is 2. The highest BCUT2D eigenvalue weighted by atomic mass is 16.1. The van der Waals surface area contributed by atoms with E-state index in [2.05, 4.69) is 61.5 Å². The summed E-state index contributed by atoms with van der Waals surface area (Å²) >= 11 is 0. The largest absolute Gasteiger partial charge is 0.378 e. The van der Waals surface area contributed by atoms with E-state index in [4.69, 9.17) is 0 Å². The van der Waals surface area contributed by atoms with Crippen LogP contribution < -0.4 is 10.2 Å². The van der Waals surface area contributed by atoms with Gasteiger partial charge in [-0.2, -0.15) is 0 Å². The molecule has 0 aliphatic carbocycles. The maximum atomic E-state index is 12.6. The number of rotatable bonds is 8. The number of carbonyl (C=O) groups is 1. The van der Waals surface area contributed by atoms with Crippen molar-refractivity contribution in [2.24, 2.45) is 0 Å². The molecule has 1 heterocycles. The van der Waals surface area contributed by atoms with E-state index in [1.54, 1.807) is 0 Å². The van der Waals surface area contributed by atoms with Gasteiger partial charge in [0.05, 0.1) is 6.54 Å². The highest BCUT2D eigenvalue weighted by molar-refractivity contribution is 6.00. The lowest BCUT2D eigenvalue weighted by Gasteiger charge is -2.21. The second-order valence-electron chi connectivity index (χ2n) is 6.74. The van der Waals surface area contributed by atoms with Crippen LogP contribution in [0.4, 0.5) is 11.4 Å². The Kier molecular flexibility index (Phi) is 6.29. The van der Waals surface area contributed by atoms with Gasteiger partial charge in [0, 0.05) is 47.5 Å². The molecule has 0 aliphatic rings. The first-order valence-corrected chi connectivity index (χ1v) is 9.19. The Labute approximate surface area is 151 Å². The van der Waals surface area contributed by atoms with Crippen molar-refractivity contribution in [1.82, 2.24) is 4.57 Å². The van der Waals surface area contributed by atoms with Crippen LogP contribution in [-0.2, 0) is 0 Å². The second kappa shape index (κ2) is 8.24. The van der Waals surface area contributed by atoms with Crippen LogP contribution in [0.25, 0.3) is 0 Å². The lowest BCUT2D eigenvalue weighted by molar-refractivity contribution is 0.101. The molecule has 0 saturated heterocycles. The van der Waals surface area contributed by atoms with Crippen LogP contribution in [0.15, 0.2) is 30.3 Å². The standard InChI is InChI=1S/C21H31N3O/c1-7-23(8-2)19-11-9-18(10-12-19)22-14-21(25)20-13-16(5)24(15(3)4)17(20)6/h9-13,15,22H,7-8,14H2,1-6H3. The summed E-state index contributed by atoms with van der Waals surface area (Å²) < 4.78 is 2.21. The number of hydrogen-bond donors (Lipinski definition) is 1. The maximum absolute atomic E-state index is 12.6. The smallest absolute Gasteiger partial charge is 0.183 e. The third-order valence-electron chi connectivity index (χ3n) is 4.75. The van der Waals surface area contributed by atoms with E-state index in [1.165, 1.54) is 5.69 Å². The van der Waals surface area contributed by atoms with Crippen molar-refractivity contribution < 1.29 is 4.79 Å². The number of Topliss-reactive ketones (excluding diaryl/α,β-unsaturated/α-hetero) is 1. The minimum atomic E-state index is 0.132. The van der Waals surface area contributed by atoms with Gasteiger partial charge >= 0.3 is 0 Å². The summed E-state index contributed by atoms with van der Waals surface area (Å²) in [7, 11) is 0. The summed E-state index contributed by atoms with van der Waals surface area (Å²) in [6.07, 6.45) is 0. The van der Waals surface area contributed by atoms with Gasteiger partial charge in [-0.1, -0.05) is 0 Å². The molecule has 4 heteroatoms. The third-order valence-corrected chi connectivity index (χ3v) is 4.75. The van der Waals surface area contributed by atoms with Crippen LogP contribution in [-0.4, -0.2) is 30.0 Å². The molecule has 0 unspecified atom stereocenters. The molecule has 0 spiro atoms. The van der Waals surface area contributed by atoms with E-state index in [1.807, 2.05) is 25.1 Å². The van der Waals surface area contributed by atoms with Gasteiger partial charge in [0.15, 0.2) is 5.78 Å². The SMILES string of the molecule is CCN(CC)c1ccc(NCC(=O)c2cc(C)n(C(C)C)c2C)cc1. The van der Waals surface area contributed by atoms with Gasteiger partial charge in [-0.3, -0.25) is 4.79 Å². The van der Waals surface area contributed by atoms with Crippen molar-refractivity contribution in [3.63, 3.8) is 0 Å². The zero-order valence-electron chi connectivity index (χ0n) is 16.4. The molecule has 0 amide bonds. The Bertz CT molecular complexity index is 709. The maximum Gasteiger partial charge on any atom is 0.183 e. The Hall–Kier alpha value is -2.23. The molecule has 25 heavy (non-hydrogen) atoms. The molecule has 0 bridgehead atoms. The molecule has 0 fully saturated rings. The predicted octanol–water partition coefficient (Wildman–Crippen LogP) is 4.83. The van der Waals surface area contributed by atoms with Gasteiger partial charge in [-0.25, -0.2) is 0 Å². The van der Waals surface area contributed by atoms with Gasteiger partial charge in [0.25, 0.3) is 0 Å². The first-order valence-electron chi connectivity index (χ1n) is 9.19. The van der Waals surface area contributed by atoms with Crippen LogP contribution in [0.1, 0.15) is 55.5 Å². The van der Waals surface area contributed by atoms with Crippen LogP contribution in [0.2, 0.25) is 0 Å². The average molecular weight is 341 g/mol. The molecule has 1 aromatic carbocycles. The number of ketones is 1. The van der Waals surface area contributed by atoms with Crippen molar-refractivity contribution in [2.75, 3.05) is 29.9 Å². The fraction of sp³-hybridized carbons (Fsp3) is 0.476.